The predicted octanol–water partition coefficient (Wildman–Crippen LogP) is 4.52. The molecular formula is C14H27ClO2. The lowest BCUT2D eigenvalue weighted by Crippen LogP contribution is -2.02. The Kier molecular flexibility index (Phi) is 15.9. The standard InChI is InChI=1S/C14H27ClO2/c1-2-3-4-6-9-12-16-14-17-13-10-7-5-8-11-15/h5,7H,2-4,6,8-14H2,1H3/b7-5+. The van der Waals surface area contributed by atoms with Gasteiger partial charge in [0.05, 0.1) is 6.61 Å². The van der Waals surface area contributed by atoms with E-state index < -0.39 is 0 Å². The fourth-order valence-electron chi connectivity index (χ4n) is 1.43. The maximum atomic E-state index is 5.54. The van der Waals surface area contributed by atoms with Crippen molar-refractivity contribution in [3.8, 4) is 0 Å². The molecule has 0 amide bonds. The van der Waals surface area contributed by atoms with Gasteiger partial charge in [-0.25, -0.2) is 0 Å². The van der Waals surface area contributed by atoms with Gasteiger partial charge in [-0.1, -0.05) is 44.8 Å². The summed E-state index contributed by atoms with van der Waals surface area (Å²) in [5.41, 5.74) is 0. The topological polar surface area (TPSA) is 18.5 Å². The minimum atomic E-state index is 0.428. The van der Waals surface area contributed by atoms with Gasteiger partial charge in [0, 0.05) is 12.5 Å². The van der Waals surface area contributed by atoms with Crippen LogP contribution in [0.15, 0.2) is 12.2 Å². The molecule has 102 valence electrons. The Labute approximate surface area is 111 Å². The molecular weight excluding hydrogens is 236 g/mol. The normalized spacial score (nSPS) is 11.4. The van der Waals surface area contributed by atoms with E-state index in [1.807, 2.05) is 0 Å². The van der Waals surface area contributed by atoms with Crippen molar-refractivity contribution in [1.29, 1.82) is 0 Å². The third-order valence-corrected chi connectivity index (χ3v) is 2.65. The number of rotatable bonds is 13. The number of halogens is 1. The maximum absolute atomic E-state index is 5.54. The van der Waals surface area contributed by atoms with Crippen LogP contribution in [-0.2, 0) is 9.47 Å². The summed E-state index contributed by atoms with van der Waals surface area (Å²) >= 11 is 5.54. The van der Waals surface area contributed by atoms with Gasteiger partial charge < -0.3 is 9.47 Å². The van der Waals surface area contributed by atoms with E-state index in [0.717, 1.165) is 32.5 Å². The molecule has 0 bridgehead atoms. The molecule has 0 aliphatic heterocycles. The maximum Gasteiger partial charge on any atom is 0.146 e. The SMILES string of the molecule is CCCCCCCOCOCC/C=C/CCCl. The first kappa shape index (κ1) is 16.9. The lowest BCUT2D eigenvalue weighted by molar-refractivity contribution is -0.0531. The average molecular weight is 263 g/mol. The van der Waals surface area contributed by atoms with Crippen LogP contribution >= 0.6 is 11.6 Å². The van der Waals surface area contributed by atoms with Crippen molar-refractivity contribution in [3.63, 3.8) is 0 Å². The average Bonchev–Trinajstić information content (AvgIpc) is 2.35. The van der Waals surface area contributed by atoms with Crippen molar-refractivity contribution < 1.29 is 9.47 Å². The van der Waals surface area contributed by atoms with Gasteiger partial charge in [-0.05, 0) is 19.3 Å². The summed E-state index contributed by atoms with van der Waals surface area (Å²) in [5, 5.41) is 0. The van der Waals surface area contributed by atoms with Gasteiger partial charge in [0.2, 0.25) is 0 Å². The van der Waals surface area contributed by atoms with Gasteiger partial charge in [0.15, 0.2) is 0 Å². The first-order chi connectivity index (χ1) is 8.41. The number of alkyl halides is 1. The van der Waals surface area contributed by atoms with E-state index in [-0.39, 0.29) is 0 Å². The summed E-state index contributed by atoms with van der Waals surface area (Å²) in [6, 6.07) is 0. The molecule has 0 aromatic heterocycles. The van der Waals surface area contributed by atoms with Gasteiger partial charge in [0.1, 0.15) is 6.79 Å². The number of allylic oxidation sites excluding steroid dienone is 1. The van der Waals surface area contributed by atoms with Crippen molar-refractivity contribution in [3.05, 3.63) is 12.2 Å². The van der Waals surface area contributed by atoms with Crippen molar-refractivity contribution in [2.45, 2.75) is 51.9 Å². The number of ether oxygens (including phenoxy) is 2. The van der Waals surface area contributed by atoms with Crippen LogP contribution in [-0.4, -0.2) is 25.9 Å². The lowest BCUT2D eigenvalue weighted by Gasteiger charge is -2.04. The second-order valence-corrected chi connectivity index (χ2v) is 4.46. The highest BCUT2D eigenvalue weighted by atomic mass is 35.5. The van der Waals surface area contributed by atoms with E-state index in [0.29, 0.717) is 12.7 Å². The highest BCUT2D eigenvalue weighted by molar-refractivity contribution is 6.17. The number of hydrogen-bond acceptors (Lipinski definition) is 2. The summed E-state index contributed by atoms with van der Waals surface area (Å²) in [7, 11) is 0. The molecule has 0 aromatic carbocycles. The van der Waals surface area contributed by atoms with Crippen LogP contribution in [0.1, 0.15) is 51.9 Å². The molecule has 0 rings (SSSR count). The van der Waals surface area contributed by atoms with Crippen LogP contribution in [0.2, 0.25) is 0 Å². The van der Waals surface area contributed by atoms with E-state index in [2.05, 4.69) is 19.1 Å². The lowest BCUT2D eigenvalue weighted by atomic mass is 10.2. The molecule has 0 saturated heterocycles. The smallest absolute Gasteiger partial charge is 0.146 e. The minimum Gasteiger partial charge on any atom is -0.355 e. The first-order valence-electron chi connectivity index (χ1n) is 6.78. The van der Waals surface area contributed by atoms with Crippen molar-refractivity contribution in [2.75, 3.05) is 25.9 Å². The highest BCUT2D eigenvalue weighted by Crippen LogP contribution is 2.02. The second kappa shape index (κ2) is 16.0. The Morgan fingerprint density at radius 3 is 2.35 bits per heavy atom. The second-order valence-electron chi connectivity index (χ2n) is 4.09. The van der Waals surface area contributed by atoms with E-state index in [1.54, 1.807) is 0 Å². The third-order valence-electron chi connectivity index (χ3n) is 2.43. The molecule has 0 atom stereocenters. The monoisotopic (exact) mass is 262 g/mol. The zero-order valence-electron chi connectivity index (χ0n) is 11.1. The molecule has 0 N–H and O–H groups in total. The van der Waals surface area contributed by atoms with Crippen molar-refractivity contribution >= 4 is 11.6 Å². The van der Waals surface area contributed by atoms with E-state index in [9.17, 15) is 0 Å². The Morgan fingerprint density at radius 1 is 0.882 bits per heavy atom. The number of unbranched alkanes of at least 4 members (excludes halogenated alkanes) is 4. The van der Waals surface area contributed by atoms with E-state index in [4.69, 9.17) is 21.1 Å². The molecule has 0 radical (unpaired) electrons. The molecule has 0 aliphatic rings. The quantitative estimate of drug-likeness (QED) is 0.210. The Morgan fingerprint density at radius 2 is 1.59 bits per heavy atom. The van der Waals surface area contributed by atoms with Gasteiger partial charge >= 0.3 is 0 Å². The minimum absolute atomic E-state index is 0.428. The molecule has 0 saturated carbocycles. The predicted molar refractivity (Wildman–Crippen MR) is 74.6 cm³/mol. The van der Waals surface area contributed by atoms with E-state index in [1.165, 1.54) is 25.7 Å². The molecule has 0 heterocycles. The highest BCUT2D eigenvalue weighted by Gasteiger charge is 1.90. The summed E-state index contributed by atoms with van der Waals surface area (Å²) < 4.78 is 10.7. The van der Waals surface area contributed by atoms with Gasteiger partial charge in [0.25, 0.3) is 0 Å². The van der Waals surface area contributed by atoms with Crippen LogP contribution < -0.4 is 0 Å². The molecule has 0 aliphatic carbocycles. The molecule has 0 spiro atoms. The van der Waals surface area contributed by atoms with Crippen LogP contribution in [0.4, 0.5) is 0 Å². The summed E-state index contributed by atoms with van der Waals surface area (Å²) in [6.07, 6.45) is 12.5. The summed E-state index contributed by atoms with van der Waals surface area (Å²) in [4.78, 5) is 0. The van der Waals surface area contributed by atoms with Gasteiger partial charge in [-0.3, -0.25) is 0 Å². The van der Waals surface area contributed by atoms with Gasteiger partial charge in [-0.15, -0.1) is 11.6 Å². The van der Waals surface area contributed by atoms with Crippen molar-refractivity contribution in [2.24, 2.45) is 0 Å². The molecule has 3 heteroatoms. The molecule has 17 heavy (non-hydrogen) atoms. The van der Waals surface area contributed by atoms with E-state index >= 15 is 0 Å². The molecule has 0 unspecified atom stereocenters. The van der Waals surface area contributed by atoms with Gasteiger partial charge in [-0.2, -0.15) is 0 Å². The fourth-order valence-corrected chi connectivity index (χ4v) is 1.56. The first-order valence-corrected chi connectivity index (χ1v) is 7.31. The third kappa shape index (κ3) is 15.9. The Hall–Kier alpha value is -0.0500. The van der Waals surface area contributed by atoms with Crippen LogP contribution in [0, 0.1) is 0 Å². The number of hydrogen-bond donors (Lipinski definition) is 0. The molecule has 0 aromatic rings. The Balaban J connectivity index is 2.94. The largest absolute Gasteiger partial charge is 0.355 e. The summed E-state index contributed by atoms with van der Waals surface area (Å²) in [5.74, 6) is 0.693. The summed E-state index contributed by atoms with van der Waals surface area (Å²) in [6.45, 7) is 4.21. The van der Waals surface area contributed by atoms with Crippen LogP contribution in [0.5, 0.6) is 0 Å². The zero-order valence-corrected chi connectivity index (χ0v) is 11.9. The Bertz CT molecular complexity index is 160. The molecule has 0 fully saturated rings. The fraction of sp³-hybridized carbons (Fsp3) is 0.857. The zero-order chi connectivity index (χ0) is 12.6. The van der Waals surface area contributed by atoms with Crippen molar-refractivity contribution in [1.82, 2.24) is 0 Å². The van der Waals surface area contributed by atoms with Crippen LogP contribution in [0.25, 0.3) is 0 Å². The molecule has 2 nitrogen and oxygen atoms in total. The van der Waals surface area contributed by atoms with Crippen LogP contribution in [0.3, 0.4) is 0 Å².